The van der Waals surface area contributed by atoms with Crippen LogP contribution in [0.5, 0.6) is 5.75 Å². The number of rotatable bonds is 10. The number of aromatic nitrogens is 1. The Morgan fingerprint density at radius 2 is 2.15 bits per heavy atom. The molecular weight excluding hydrogens is 372 g/mol. The van der Waals surface area contributed by atoms with Gasteiger partial charge in [-0.25, -0.2) is 9.98 Å². The monoisotopic (exact) mass is 394 g/mol. The minimum absolute atomic E-state index is 0.128. The zero-order valence-corrected chi connectivity index (χ0v) is 16.5. The summed E-state index contributed by atoms with van der Waals surface area (Å²) in [6.07, 6.45) is 0. The summed E-state index contributed by atoms with van der Waals surface area (Å²) in [4.78, 5) is 21.3. The van der Waals surface area contributed by atoms with Gasteiger partial charge in [0.25, 0.3) is 12.4 Å². The highest BCUT2D eigenvalue weighted by Crippen LogP contribution is 2.16. The minimum Gasteiger partial charge on any atom is -0.437 e. The van der Waals surface area contributed by atoms with Crippen molar-refractivity contribution < 1.29 is 9.66 Å². The third-order valence-electron chi connectivity index (χ3n) is 3.07. The van der Waals surface area contributed by atoms with Crippen LogP contribution in [0.4, 0.5) is 0 Å². The molecule has 0 bridgehead atoms. The zero-order chi connectivity index (χ0) is 18.8. The molecule has 0 aliphatic heterocycles. The van der Waals surface area contributed by atoms with Crippen LogP contribution in [0.2, 0.25) is 0 Å². The second-order valence-corrected chi connectivity index (χ2v) is 7.75. The number of ether oxygens (including phenoxy) is 1. The SMILES string of the molecule is CN(C)Cc1nc(CSCCN=C(C[N+](=O)[O-])Oc2ccccc2)cs1. The maximum Gasteiger partial charge on any atom is 0.278 e. The van der Waals surface area contributed by atoms with Crippen molar-refractivity contribution in [1.82, 2.24) is 9.88 Å². The van der Waals surface area contributed by atoms with Crippen LogP contribution in [0, 0.1) is 10.1 Å². The highest BCUT2D eigenvalue weighted by atomic mass is 32.2. The molecule has 140 valence electrons. The van der Waals surface area contributed by atoms with E-state index in [1.807, 2.05) is 32.3 Å². The molecular formula is C17H22N4O3S2. The van der Waals surface area contributed by atoms with Crippen molar-refractivity contribution >= 4 is 29.0 Å². The molecule has 1 heterocycles. The van der Waals surface area contributed by atoms with E-state index in [9.17, 15) is 10.1 Å². The van der Waals surface area contributed by atoms with Crippen molar-refractivity contribution in [3.05, 3.63) is 56.5 Å². The van der Waals surface area contributed by atoms with Crippen molar-refractivity contribution in [2.75, 3.05) is 32.9 Å². The fraction of sp³-hybridized carbons (Fsp3) is 0.412. The highest BCUT2D eigenvalue weighted by Gasteiger charge is 2.10. The Hall–Kier alpha value is -1.97. The van der Waals surface area contributed by atoms with Crippen LogP contribution >= 0.6 is 23.1 Å². The molecule has 0 atom stereocenters. The average molecular weight is 395 g/mol. The molecule has 0 spiro atoms. The summed E-state index contributed by atoms with van der Waals surface area (Å²) in [5.74, 6) is 2.24. The highest BCUT2D eigenvalue weighted by molar-refractivity contribution is 7.98. The molecule has 26 heavy (non-hydrogen) atoms. The van der Waals surface area contributed by atoms with Crippen LogP contribution in [0.15, 0.2) is 40.7 Å². The standard InChI is InChI=1S/C17H22N4O3S2/c1-20(2)11-17-19-14(13-26-17)12-25-9-8-18-16(10-21(22)23)24-15-6-4-3-5-7-15/h3-7,13H,8-12H2,1-2H3. The van der Waals surface area contributed by atoms with Gasteiger partial charge < -0.3 is 9.64 Å². The van der Waals surface area contributed by atoms with Gasteiger partial charge in [-0.1, -0.05) is 18.2 Å². The summed E-state index contributed by atoms with van der Waals surface area (Å²) in [6.45, 7) is 0.898. The molecule has 0 unspecified atom stereocenters. The molecule has 0 radical (unpaired) electrons. The molecule has 1 aromatic carbocycles. The Labute approximate surface area is 161 Å². The molecule has 1 aromatic heterocycles. The first kappa shape index (κ1) is 20.3. The second-order valence-electron chi connectivity index (χ2n) is 5.70. The van der Waals surface area contributed by atoms with Crippen LogP contribution < -0.4 is 4.74 Å². The zero-order valence-electron chi connectivity index (χ0n) is 14.8. The number of thioether (sulfide) groups is 1. The molecule has 0 N–H and O–H groups in total. The fourth-order valence-electron chi connectivity index (χ4n) is 2.02. The van der Waals surface area contributed by atoms with E-state index < -0.39 is 11.5 Å². The maximum absolute atomic E-state index is 10.8. The predicted molar refractivity (Wildman–Crippen MR) is 107 cm³/mol. The number of thiazole rings is 1. The lowest BCUT2D eigenvalue weighted by Crippen LogP contribution is -2.20. The van der Waals surface area contributed by atoms with Crippen LogP contribution in [-0.4, -0.2) is 53.6 Å². The Bertz CT molecular complexity index is 720. The predicted octanol–water partition coefficient (Wildman–Crippen LogP) is 3.19. The van der Waals surface area contributed by atoms with Gasteiger partial charge in [-0.05, 0) is 26.2 Å². The van der Waals surface area contributed by atoms with Gasteiger partial charge in [-0.15, -0.1) is 11.3 Å². The number of nitro groups is 1. The van der Waals surface area contributed by atoms with Gasteiger partial charge in [0.1, 0.15) is 10.8 Å². The van der Waals surface area contributed by atoms with E-state index in [2.05, 4.69) is 20.3 Å². The molecule has 0 aliphatic carbocycles. The van der Waals surface area contributed by atoms with E-state index >= 15 is 0 Å². The van der Waals surface area contributed by atoms with Gasteiger partial charge >= 0.3 is 0 Å². The van der Waals surface area contributed by atoms with Crippen molar-refractivity contribution in [2.45, 2.75) is 12.3 Å². The van der Waals surface area contributed by atoms with E-state index in [1.54, 1.807) is 35.2 Å². The number of benzene rings is 1. The van der Waals surface area contributed by atoms with E-state index in [-0.39, 0.29) is 5.90 Å². The summed E-state index contributed by atoms with van der Waals surface area (Å²) in [7, 11) is 4.04. The summed E-state index contributed by atoms with van der Waals surface area (Å²) in [6, 6.07) is 8.98. The molecule has 0 saturated carbocycles. The third-order valence-corrected chi connectivity index (χ3v) is 4.92. The summed E-state index contributed by atoms with van der Waals surface area (Å²) in [5, 5.41) is 14.0. The first-order chi connectivity index (χ1) is 12.5. The Balaban J connectivity index is 1.78. The number of hydrogen-bond acceptors (Lipinski definition) is 8. The lowest BCUT2D eigenvalue weighted by molar-refractivity contribution is -0.464. The Kier molecular flexibility index (Phi) is 8.52. The van der Waals surface area contributed by atoms with Crippen molar-refractivity contribution in [2.24, 2.45) is 4.99 Å². The molecule has 0 aliphatic rings. The van der Waals surface area contributed by atoms with Crippen LogP contribution in [0.3, 0.4) is 0 Å². The van der Waals surface area contributed by atoms with Gasteiger partial charge in [0, 0.05) is 28.4 Å². The smallest absolute Gasteiger partial charge is 0.278 e. The molecule has 2 aromatic rings. The molecule has 2 rings (SSSR count). The number of aliphatic imine (C=N–C) groups is 1. The van der Waals surface area contributed by atoms with Gasteiger partial charge in [0.05, 0.1) is 12.2 Å². The number of para-hydroxylation sites is 1. The van der Waals surface area contributed by atoms with Crippen molar-refractivity contribution in [3.63, 3.8) is 0 Å². The van der Waals surface area contributed by atoms with Crippen molar-refractivity contribution in [1.29, 1.82) is 0 Å². The van der Waals surface area contributed by atoms with Gasteiger partial charge in [-0.3, -0.25) is 10.1 Å². The summed E-state index contributed by atoms with van der Waals surface area (Å²) >= 11 is 3.37. The maximum atomic E-state index is 10.8. The minimum atomic E-state index is -0.434. The second kappa shape index (κ2) is 10.9. The summed E-state index contributed by atoms with van der Waals surface area (Å²) in [5.41, 5.74) is 1.06. The normalized spacial score (nSPS) is 11.7. The topological polar surface area (TPSA) is 80.9 Å². The van der Waals surface area contributed by atoms with E-state index in [1.165, 1.54) is 0 Å². The lowest BCUT2D eigenvalue weighted by Gasteiger charge is -2.06. The van der Waals surface area contributed by atoms with E-state index in [4.69, 9.17) is 4.74 Å². The van der Waals surface area contributed by atoms with E-state index in [0.29, 0.717) is 12.3 Å². The van der Waals surface area contributed by atoms with Gasteiger partial charge in [-0.2, -0.15) is 11.8 Å². The number of nitrogens with zero attached hydrogens (tertiary/aromatic N) is 4. The Morgan fingerprint density at radius 1 is 1.38 bits per heavy atom. The third kappa shape index (κ3) is 7.94. The average Bonchev–Trinajstić information content (AvgIpc) is 3.01. The van der Waals surface area contributed by atoms with Crippen LogP contribution in [0.25, 0.3) is 0 Å². The van der Waals surface area contributed by atoms with Crippen LogP contribution in [0.1, 0.15) is 10.7 Å². The fourth-order valence-corrected chi connectivity index (χ4v) is 3.76. The van der Waals surface area contributed by atoms with Gasteiger partial charge in [0.2, 0.25) is 0 Å². The van der Waals surface area contributed by atoms with Crippen LogP contribution in [-0.2, 0) is 12.3 Å². The summed E-state index contributed by atoms with van der Waals surface area (Å²) < 4.78 is 5.51. The largest absolute Gasteiger partial charge is 0.437 e. The molecule has 0 saturated heterocycles. The molecule has 9 heteroatoms. The lowest BCUT2D eigenvalue weighted by atomic mass is 10.3. The molecule has 0 amide bonds. The number of hydrogen-bond donors (Lipinski definition) is 0. The van der Waals surface area contributed by atoms with Crippen molar-refractivity contribution in [3.8, 4) is 5.75 Å². The quantitative estimate of drug-likeness (QED) is 0.202. The Morgan fingerprint density at radius 3 is 2.85 bits per heavy atom. The molecule has 0 fully saturated rings. The first-order valence-corrected chi connectivity index (χ1v) is 10.1. The first-order valence-electron chi connectivity index (χ1n) is 8.06. The van der Waals surface area contributed by atoms with Gasteiger partial charge in [0.15, 0.2) is 0 Å². The molecule has 7 nitrogen and oxygen atoms in total. The van der Waals surface area contributed by atoms with E-state index in [0.717, 1.165) is 28.8 Å².